The first-order chi connectivity index (χ1) is 10.5. The van der Waals surface area contributed by atoms with Gasteiger partial charge in [0.2, 0.25) is 0 Å². The molecule has 0 radical (unpaired) electrons. The lowest BCUT2D eigenvalue weighted by molar-refractivity contribution is 0.0954. The lowest BCUT2D eigenvalue weighted by Gasteiger charge is -2.11. The molecule has 0 unspecified atom stereocenters. The highest BCUT2D eigenvalue weighted by Gasteiger charge is 2.11. The standard InChI is InChI=1S/C17H17ClFNO2/c1-11-3-6-16(22-2)12(9-11)7-8-20-17(21)14-5-4-13(19)10-15(14)18/h3-6,9-10H,7-8H2,1-2H3,(H,20,21). The molecular weight excluding hydrogens is 305 g/mol. The van der Waals surface area contributed by atoms with E-state index < -0.39 is 5.82 Å². The van der Waals surface area contributed by atoms with Crippen LogP contribution in [-0.4, -0.2) is 19.6 Å². The minimum absolute atomic E-state index is 0.102. The number of halogens is 2. The average Bonchev–Trinajstić information content (AvgIpc) is 2.47. The van der Waals surface area contributed by atoms with Crippen LogP contribution in [0, 0.1) is 12.7 Å². The van der Waals surface area contributed by atoms with Gasteiger partial charge >= 0.3 is 0 Å². The van der Waals surface area contributed by atoms with Crippen molar-refractivity contribution in [3.63, 3.8) is 0 Å². The summed E-state index contributed by atoms with van der Waals surface area (Å²) in [5.41, 5.74) is 2.41. The Kier molecular flexibility index (Phi) is 5.39. The Morgan fingerprint density at radius 1 is 1.27 bits per heavy atom. The number of amides is 1. The Morgan fingerprint density at radius 2 is 2.05 bits per heavy atom. The van der Waals surface area contributed by atoms with Crippen molar-refractivity contribution < 1.29 is 13.9 Å². The average molecular weight is 322 g/mol. The highest BCUT2D eigenvalue weighted by Crippen LogP contribution is 2.20. The van der Waals surface area contributed by atoms with Gasteiger partial charge in [-0.15, -0.1) is 0 Å². The summed E-state index contributed by atoms with van der Waals surface area (Å²) in [6.45, 7) is 2.44. The van der Waals surface area contributed by atoms with Gasteiger partial charge in [0.05, 0.1) is 17.7 Å². The number of methoxy groups -OCH3 is 1. The second-order valence-electron chi connectivity index (χ2n) is 4.95. The van der Waals surface area contributed by atoms with E-state index >= 15 is 0 Å². The molecule has 5 heteroatoms. The molecule has 0 aromatic heterocycles. The highest BCUT2D eigenvalue weighted by atomic mass is 35.5. The molecule has 0 aliphatic carbocycles. The lowest BCUT2D eigenvalue weighted by atomic mass is 10.1. The fourth-order valence-electron chi connectivity index (χ4n) is 2.18. The smallest absolute Gasteiger partial charge is 0.252 e. The van der Waals surface area contributed by atoms with Gasteiger partial charge in [0.25, 0.3) is 5.91 Å². The maximum absolute atomic E-state index is 13.0. The van der Waals surface area contributed by atoms with Crippen molar-refractivity contribution in [2.24, 2.45) is 0 Å². The van der Waals surface area contributed by atoms with Crippen molar-refractivity contribution in [1.29, 1.82) is 0 Å². The van der Waals surface area contributed by atoms with Crippen molar-refractivity contribution >= 4 is 17.5 Å². The first kappa shape index (κ1) is 16.3. The summed E-state index contributed by atoms with van der Waals surface area (Å²) in [6, 6.07) is 9.61. The third-order valence-corrected chi connectivity index (χ3v) is 3.60. The van der Waals surface area contributed by atoms with Crippen LogP contribution in [0.5, 0.6) is 5.75 Å². The first-order valence-electron chi connectivity index (χ1n) is 6.88. The van der Waals surface area contributed by atoms with Crippen molar-refractivity contribution in [2.45, 2.75) is 13.3 Å². The van der Waals surface area contributed by atoms with Crippen LogP contribution in [-0.2, 0) is 6.42 Å². The Morgan fingerprint density at radius 3 is 2.73 bits per heavy atom. The van der Waals surface area contributed by atoms with Crippen LogP contribution in [0.4, 0.5) is 4.39 Å². The number of hydrogen-bond acceptors (Lipinski definition) is 2. The molecule has 3 nitrogen and oxygen atoms in total. The van der Waals surface area contributed by atoms with Gasteiger partial charge < -0.3 is 10.1 Å². The molecule has 1 N–H and O–H groups in total. The molecule has 2 aromatic carbocycles. The summed E-state index contributed by atoms with van der Waals surface area (Å²) in [5, 5.41) is 2.88. The van der Waals surface area contributed by atoms with Crippen molar-refractivity contribution in [1.82, 2.24) is 5.32 Å². The van der Waals surface area contributed by atoms with Crippen LogP contribution in [0.2, 0.25) is 5.02 Å². The molecular formula is C17H17ClFNO2. The van der Waals surface area contributed by atoms with Gasteiger partial charge in [-0.25, -0.2) is 4.39 Å². The van der Waals surface area contributed by atoms with Gasteiger partial charge in [-0.3, -0.25) is 4.79 Å². The number of ether oxygens (including phenoxy) is 1. The summed E-state index contributed by atoms with van der Waals surface area (Å²) in [5.74, 6) is 0.00216. The monoisotopic (exact) mass is 321 g/mol. The largest absolute Gasteiger partial charge is 0.496 e. The van der Waals surface area contributed by atoms with Crippen molar-refractivity contribution in [2.75, 3.05) is 13.7 Å². The topological polar surface area (TPSA) is 38.3 Å². The quantitative estimate of drug-likeness (QED) is 0.910. The molecule has 1 amide bonds. The number of nitrogens with one attached hydrogen (secondary N) is 1. The minimum Gasteiger partial charge on any atom is -0.496 e. The zero-order chi connectivity index (χ0) is 16.1. The van der Waals surface area contributed by atoms with Crippen LogP contribution < -0.4 is 10.1 Å². The first-order valence-corrected chi connectivity index (χ1v) is 7.26. The highest BCUT2D eigenvalue weighted by molar-refractivity contribution is 6.33. The molecule has 0 bridgehead atoms. The van der Waals surface area contributed by atoms with Gasteiger partial charge in [0, 0.05) is 6.54 Å². The van der Waals surface area contributed by atoms with Gasteiger partial charge in [-0.2, -0.15) is 0 Å². The van der Waals surface area contributed by atoms with E-state index in [2.05, 4.69) is 5.32 Å². The second-order valence-corrected chi connectivity index (χ2v) is 5.35. The zero-order valence-electron chi connectivity index (χ0n) is 12.5. The molecule has 0 spiro atoms. The molecule has 116 valence electrons. The maximum Gasteiger partial charge on any atom is 0.252 e. The van der Waals surface area contributed by atoms with Crippen LogP contribution >= 0.6 is 11.6 Å². The normalized spacial score (nSPS) is 10.4. The molecule has 0 saturated carbocycles. The molecule has 22 heavy (non-hydrogen) atoms. The predicted molar refractivity (Wildman–Crippen MR) is 85.2 cm³/mol. The Labute approximate surface area is 134 Å². The SMILES string of the molecule is COc1ccc(C)cc1CCNC(=O)c1ccc(F)cc1Cl. The lowest BCUT2D eigenvalue weighted by Crippen LogP contribution is -2.26. The molecule has 2 rings (SSSR count). The third-order valence-electron chi connectivity index (χ3n) is 3.29. The number of hydrogen-bond donors (Lipinski definition) is 1. The summed E-state index contributed by atoms with van der Waals surface area (Å²) in [7, 11) is 1.62. The Balaban J connectivity index is 1.99. The molecule has 0 fully saturated rings. The predicted octanol–water partition coefficient (Wildman–Crippen LogP) is 3.77. The number of aryl methyl sites for hydroxylation is 1. The number of carbonyl (C=O) groups is 1. The van der Waals surface area contributed by atoms with Crippen LogP contribution in [0.3, 0.4) is 0 Å². The fraction of sp³-hybridized carbons (Fsp3) is 0.235. The van der Waals surface area contributed by atoms with E-state index in [4.69, 9.17) is 16.3 Å². The number of rotatable bonds is 5. The molecule has 0 aliphatic heterocycles. The van der Waals surface area contributed by atoms with E-state index in [0.29, 0.717) is 13.0 Å². The van der Waals surface area contributed by atoms with Gasteiger partial charge in [-0.1, -0.05) is 29.3 Å². The minimum atomic E-state index is -0.467. The Bertz CT molecular complexity index is 688. The number of benzene rings is 2. The van der Waals surface area contributed by atoms with Gasteiger partial charge in [0.1, 0.15) is 11.6 Å². The molecule has 0 saturated heterocycles. The van der Waals surface area contributed by atoms with Crippen LogP contribution in [0.25, 0.3) is 0 Å². The van der Waals surface area contributed by atoms with E-state index in [0.717, 1.165) is 22.9 Å². The summed E-state index contributed by atoms with van der Waals surface area (Å²) in [6.07, 6.45) is 0.634. The maximum atomic E-state index is 13.0. The van der Waals surface area contributed by atoms with E-state index in [1.54, 1.807) is 7.11 Å². The van der Waals surface area contributed by atoms with E-state index in [-0.39, 0.29) is 16.5 Å². The Hall–Kier alpha value is -2.07. The summed E-state index contributed by atoms with van der Waals surface area (Å²) >= 11 is 5.87. The summed E-state index contributed by atoms with van der Waals surface area (Å²) in [4.78, 5) is 12.0. The van der Waals surface area contributed by atoms with Crippen molar-refractivity contribution in [3.05, 3.63) is 63.9 Å². The van der Waals surface area contributed by atoms with Crippen LogP contribution in [0.1, 0.15) is 21.5 Å². The van der Waals surface area contributed by atoms with Crippen molar-refractivity contribution in [3.8, 4) is 5.75 Å². The summed E-state index contributed by atoms with van der Waals surface area (Å²) < 4.78 is 18.3. The zero-order valence-corrected chi connectivity index (χ0v) is 13.2. The number of carbonyl (C=O) groups excluding carboxylic acids is 1. The third kappa shape index (κ3) is 3.98. The van der Waals surface area contributed by atoms with Gasteiger partial charge in [0.15, 0.2) is 0 Å². The van der Waals surface area contributed by atoms with E-state index in [1.807, 2.05) is 25.1 Å². The van der Waals surface area contributed by atoms with Gasteiger partial charge in [-0.05, 0) is 43.2 Å². The van der Waals surface area contributed by atoms with Crippen LogP contribution in [0.15, 0.2) is 36.4 Å². The molecule has 0 heterocycles. The second kappa shape index (κ2) is 7.27. The van der Waals surface area contributed by atoms with E-state index in [9.17, 15) is 9.18 Å². The fourth-order valence-corrected chi connectivity index (χ4v) is 2.44. The molecule has 0 atom stereocenters. The molecule has 0 aliphatic rings. The van der Waals surface area contributed by atoms with E-state index in [1.165, 1.54) is 12.1 Å². The molecule has 2 aromatic rings.